The summed E-state index contributed by atoms with van der Waals surface area (Å²) in [4.78, 5) is 0. The maximum absolute atomic E-state index is 12.2. The molecule has 0 bridgehead atoms. The molecule has 0 aliphatic heterocycles. The zero-order valence-corrected chi connectivity index (χ0v) is 10.5. The van der Waals surface area contributed by atoms with E-state index in [1.54, 1.807) is 4.68 Å². The normalized spacial score (nSPS) is 13.7. The van der Waals surface area contributed by atoms with E-state index in [0.29, 0.717) is 18.0 Å². The van der Waals surface area contributed by atoms with Gasteiger partial charge in [-0.1, -0.05) is 6.92 Å². The first-order valence-corrected chi connectivity index (χ1v) is 5.81. The topological polar surface area (TPSA) is 53.1 Å². The van der Waals surface area contributed by atoms with Crippen LogP contribution in [0.4, 0.5) is 13.2 Å². The van der Waals surface area contributed by atoms with Gasteiger partial charge < -0.3 is 10.5 Å². The fourth-order valence-corrected chi connectivity index (χ4v) is 1.75. The molecule has 0 saturated carbocycles. The maximum atomic E-state index is 12.2. The van der Waals surface area contributed by atoms with Gasteiger partial charge in [0.15, 0.2) is 5.75 Å². The third kappa shape index (κ3) is 3.90. The molecule has 104 valence electrons. The van der Waals surface area contributed by atoms with Gasteiger partial charge in [0.2, 0.25) is 0 Å². The Morgan fingerprint density at radius 2 is 2.17 bits per heavy atom. The van der Waals surface area contributed by atoms with E-state index in [-0.39, 0.29) is 6.42 Å². The number of nitrogens with two attached hydrogens (primary N) is 1. The number of aromatic nitrogens is 2. The number of alkyl halides is 3. The minimum absolute atomic E-state index is 0.171. The Morgan fingerprint density at radius 1 is 1.50 bits per heavy atom. The van der Waals surface area contributed by atoms with Gasteiger partial charge in [-0.15, -0.1) is 0 Å². The molecule has 0 aliphatic carbocycles. The van der Waals surface area contributed by atoms with Gasteiger partial charge in [0.25, 0.3) is 0 Å². The van der Waals surface area contributed by atoms with E-state index >= 15 is 0 Å². The zero-order valence-electron chi connectivity index (χ0n) is 10.5. The van der Waals surface area contributed by atoms with Crippen molar-refractivity contribution in [3.8, 4) is 5.75 Å². The van der Waals surface area contributed by atoms with Crippen LogP contribution >= 0.6 is 0 Å². The number of hydrogen-bond acceptors (Lipinski definition) is 3. The predicted octanol–water partition coefficient (Wildman–Crippen LogP) is 2.64. The van der Waals surface area contributed by atoms with Crippen molar-refractivity contribution in [3.63, 3.8) is 0 Å². The predicted molar refractivity (Wildman–Crippen MR) is 61.3 cm³/mol. The third-order valence-corrected chi connectivity index (χ3v) is 2.59. The lowest BCUT2D eigenvalue weighted by Gasteiger charge is -2.16. The summed E-state index contributed by atoms with van der Waals surface area (Å²) >= 11 is 0. The van der Waals surface area contributed by atoms with E-state index < -0.39 is 18.6 Å². The molecule has 2 N–H and O–H groups in total. The number of nitrogens with zero attached hydrogens (tertiary/aromatic N) is 2. The zero-order chi connectivity index (χ0) is 13.8. The van der Waals surface area contributed by atoms with Gasteiger partial charge in [0, 0.05) is 13.0 Å². The summed E-state index contributed by atoms with van der Waals surface area (Å²) in [5.41, 5.74) is 6.34. The largest absolute Gasteiger partial charge is 0.493 e. The molecule has 1 atom stereocenters. The number of rotatable bonds is 6. The number of aryl methyl sites for hydroxylation is 1. The van der Waals surface area contributed by atoms with E-state index in [2.05, 4.69) is 5.10 Å². The Balaban J connectivity index is 2.82. The monoisotopic (exact) mass is 265 g/mol. The highest BCUT2D eigenvalue weighted by atomic mass is 19.4. The average Bonchev–Trinajstić information content (AvgIpc) is 2.68. The van der Waals surface area contributed by atoms with E-state index in [4.69, 9.17) is 10.5 Å². The maximum Gasteiger partial charge on any atom is 0.389 e. The molecule has 0 radical (unpaired) electrons. The average molecular weight is 265 g/mol. The van der Waals surface area contributed by atoms with Gasteiger partial charge in [0.05, 0.1) is 25.0 Å². The number of halogens is 3. The minimum atomic E-state index is -4.19. The smallest absolute Gasteiger partial charge is 0.389 e. The highest BCUT2D eigenvalue weighted by molar-refractivity contribution is 5.28. The van der Waals surface area contributed by atoms with Crippen LogP contribution in [0.5, 0.6) is 5.75 Å². The van der Waals surface area contributed by atoms with Crippen LogP contribution in [-0.4, -0.2) is 23.1 Å². The minimum Gasteiger partial charge on any atom is -0.493 e. The van der Waals surface area contributed by atoms with Gasteiger partial charge in [-0.05, 0) is 12.8 Å². The van der Waals surface area contributed by atoms with E-state index in [1.807, 2.05) is 6.92 Å². The summed E-state index contributed by atoms with van der Waals surface area (Å²) in [6.45, 7) is 2.57. The molecular formula is C11H18F3N3O. The Labute approximate surface area is 104 Å². The quantitative estimate of drug-likeness (QED) is 0.860. The lowest BCUT2D eigenvalue weighted by molar-refractivity contribution is -0.136. The Bertz CT molecular complexity index is 376. The summed E-state index contributed by atoms with van der Waals surface area (Å²) in [6.07, 6.45) is -2.97. The first-order valence-electron chi connectivity index (χ1n) is 5.81. The van der Waals surface area contributed by atoms with Crippen molar-refractivity contribution in [3.05, 3.63) is 11.9 Å². The number of methoxy groups -OCH3 is 1. The number of ether oxygens (including phenoxy) is 1. The molecule has 1 aromatic rings. The second kappa shape index (κ2) is 6.08. The molecule has 1 aromatic heterocycles. The second-order valence-electron chi connectivity index (χ2n) is 4.08. The van der Waals surface area contributed by atoms with Gasteiger partial charge in [-0.2, -0.15) is 18.3 Å². The van der Waals surface area contributed by atoms with Gasteiger partial charge in [0.1, 0.15) is 0 Å². The van der Waals surface area contributed by atoms with Crippen molar-refractivity contribution in [1.82, 2.24) is 9.78 Å². The van der Waals surface area contributed by atoms with Crippen molar-refractivity contribution < 1.29 is 17.9 Å². The molecule has 4 nitrogen and oxygen atoms in total. The van der Waals surface area contributed by atoms with Gasteiger partial charge >= 0.3 is 6.18 Å². The Hall–Kier alpha value is -1.24. The van der Waals surface area contributed by atoms with Gasteiger partial charge in [-0.25, -0.2) is 0 Å². The Morgan fingerprint density at radius 3 is 2.67 bits per heavy atom. The van der Waals surface area contributed by atoms with Crippen LogP contribution in [0, 0.1) is 0 Å². The van der Waals surface area contributed by atoms with Crippen LogP contribution in [0.3, 0.4) is 0 Å². The van der Waals surface area contributed by atoms with Crippen molar-refractivity contribution >= 4 is 0 Å². The second-order valence-corrected chi connectivity index (χ2v) is 4.08. The van der Waals surface area contributed by atoms with E-state index in [1.165, 1.54) is 13.3 Å². The molecule has 0 spiro atoms. The first-order chi connectivity index (χ1) is 8.39. The molecule has 1 unspecified atom stereocenters. The third-order valence-electron chi connectivity index (χ3n) is 2.59. The first kappa shape index (κ1) is 14.8. The highest BCUT2D eigenvalue weighted by Crippen LogP contribution is 2.30. The lowest BCUT2D eigenvalue weighted by atomic mass is 10.1. The summed E-state index contributed by atoms with van der Waals surface area (Å²) in [5.74, 6) is 0.443. The molecule has 7 heteroatoms. The van der Waals surface area contributed by atoms with Gasteiger partial charge in [-0.3, -0.25) is 4.68 Å². The molecule has 1 heterocycles. The van der Waals surface area contributed by atoms with Crippen LogP contribution in [0.25, 0.3) is 0 Å². The van der Waals surface area contributed by atoms with Crippen molar-refractivity contribution in [2.24, 2.45) is 5.73 Å². The fraction of sp³-hybridized carbons (Fsp3) is 0.727. The summed E-state index contributed by atoms with van der Waals surface area (Å²) in [7, 11) is 1.45. The molecule has 0 saturated heterocycles. The van der Waals surface area contributed by atoms with E-state index in [9.17, 15) is 13.2 Å². The van der Waals surface area contributed by atoms with Crippen LogP contribution in [-0.2, 0) is 6.54 Å². The molecule has 0 aromatic carbocycles. The fourth-order valence-electron chi connectivity index (χ4n) is 1.75. The molecular weight excluding hydrogens is 247 g/mol. The number of hydrogen-bond donors (Lipinski definition) is 1. The van der Waals surface area contributed by atoms with Crippen molar-refractivity contribution in [2.45, 2.75) is 44.9 Å². The van der Waals surface area contributed by atoms with Crippen molar-refractivity contribution in [2.75, 3.05) is 7.11 Å². The Kier molecular flexibility index (Phi) is 5.01. The highest BCUT2D eigenvalue weighted by Gasteiger charge is 2.29. The van der Waals surface area contributed by atoms with Crippen LogP contribution in [0.1, 0.15) is 37.9 Å². The van der Waals surface area contributed by atoms with Crippen LogP contribution < -0.4 is 10.5 Å². The molecule has 1 rings (SSSR count). The molecule has 0 fully saturated rings. The lowest BCUT2D eigenvalue weighted by Crippen LogP contribution is -2.20. The summed E-state index contributed by atoms with van der Waals surface area (Å²) < 4.78 is 43.2. The van der Waals surface area contributed by atoms with Crippen molar-refractivity contribution in [1.29, 1.82) is 0 Å². The molecule has 0 amide bonds. The molecule has 0 aliphatic rings. The molecule has 18 heavy (non-hydrogen) atoms. The summed E-state index contributed by atoms with van der Waals surface area (Å²) in [5, 5.41) is 4.07. The SMILES string of the molecule is CCCn1ncc(OC)c1C(N)CCC(F)(F)F. The standard InChI is InChI=1S/C11H18F3N3O/c1-3-6-17-10(9(18-2)7-16-17)8(15)4-5-11(12,13)14/h7-8H,3-6,15H2,1-2H3. The van der Waals surface area contributed by atoms with E-state index in [0.717, 1.165) is 6.42 Å². The van der Waals surface area contributed by atoms with Crippen LogP contribution in [0.2, 0.25) is 0 Å². The van der Waals surface area contributed by atoms with Crippen LogP contribution in [0.15, 0.2) is 6.20 Å². The summed E-state index contributed by atoms with van der Waals surface area (Å²) in [6, 6.07) is -0.726.